The van der Waals surface area contributed by atoms with Crippen molar-refractivity contribution in [1.82, 2.24) is 9.62 Å². The number of carbonyl (C=O) groups is 2. The standard InChI is InChI=1S/C19H20N2O6S/c1-13(12-27-15-9-7-14(26-2)8-10-15)20-18(22)11-21-19(23)16-5-3-4-6-17(16)28(21,24)25/h3-10,13H,11-12H2,1-2H3,(H,20,22)/t13-/m0/s1. The average Bonchev–Trinajstić information content (AvgIpc) is 2.88. The third-order valence-corrected chi connectivity index (χ3v) is 5.95. The van der Waals surface area contributed by atoms with Crippen LogP contribution in [0.2, 0.25) is 0 Å². The first-order valence-electron chi connectivity index (χ1n) is 8.55. The van der Waals surface area contributed by atoms with Crippen molar-refractivity contribution in [3.8, 4) is 11.5 Å². The predicted molar refractivity (Wildman–Crippen MR) is 101 cm³/mol. The highest BCUT2D eigenvalue weighted by atomic mass is 32.2. The minimum absolute atomic E-state index is 0.0752. The molecule has 0 unspecified atom stereocenters. The Hall–Kier alpha value is -3.07. The summed E-state index contributed by atoms with van der Waals surface area (Å²) in [4.78, 5) is 24.5. The van der Waals surface area contributed by atoms with Crippen molar-refractivity contribution in [2.45, 2.75) is 17.9 Å². The second-order valence-electron chi connectivity index (χ2n) is 6.27. The molecule has 9 heteroatoms. The molecule has 0 aromatic heterocycles. The summed E-state index contributed by atoms with van der Waals surface area (Å²) in [5, 5.41) is 2.64. The lowest BCUT2D eigenvalue weighted by Crippen LogP contribution is -2.44. The summed E-state index contributed by atoms with van der Waals surface area (Å²) in [6.45, 7) is 1.32. The van der Waals surface area contributed by atoms with Gasteiger partial charge in [-0.05, 0) is 43.3 Å². The van der Waals surface area contributed by atoms with Crippen molar-refractivity contribution in [3.63, 3.8) is 0 Å². The molecule has 2 amide bonds. The van der Waals surface area contributed by atoms with Crippen LogP contribution in [0.3, 0.4) is 0 Å². The molecule has 3 rings (SSSR count). The van der Waals surface area contributed by atoms with Gasteiger partial charge >= 0.3 is 0 Å². The highest BCUT2D eigenvalue weighted by Gasteiger charge is 2.41. The van der Waals surface area contributed by atoms with Gasteiger partial charge in [0, 0.05) is 0 Å². The number of benzene rings is 2. The predicted octanol–water partition coefficient (Wildman–Crippen LogP) is 1.42. The second kappa shape index (κ2) is 7.89. The minimum Gasteiger partial charge on any atom is -0.497 e. The zero-order valence-electron chi connectivity index (χ0n) is 15.4. The number of nitrogens with one attached hydrogen (secondary N) is 1. The van der Waals surface area contributed by atoms with Gasteiger partial charge in [-0.15, -0.1) is 0 Å². The van der Waals surface area contributed by atoms with Crippen LogP contribution in [0.25, 0.3) is 0 Å². The molecule has 0 aliphatic carbocycles. The third-order valence-electron chi connectivity index (χ3n) is 4.17. The number of carbonyl (C=O) groups excluding carboxylic acids is 2. The molecular formula is C19H20N2O6S. The van der Waals surface area contributed by atoms with Gasteiger partial charge in [0.2, 0.25) is 5.91 Å². The normalized spacial score (nSPS) is 15.6. The number of amides is 2. The van der Waals surface area contributed by atoms with Crippen LogP contribution in [0.1, 0.15) is 17.3 Å². The van der Waals surface area contributed by atoms with E-state index in [0.717, 1.165) is 0 Å². The van der Waals surface area contributed by atoms with Crippen molar-refractivity contribution in [1.29, 1.82) is 0 Å². The molecule has 28 heavy (non-hydrogen) atoms. The van der Waals surface area contributed by atoms with Gasteiger partial charge in [-0.25, -0.2) is 12.7 Å². The summed E-state index contributed by atoms with van der Waals surface area (Å²) in [5.41, 5.74) is 0.0752. The molecule has 0 fully saturated rings. The van der Waals surface area contributed by atoms with E-state index >= 15 is 0 Å². The fourth-order valence-electron chi connectivity index (χ4n) is 2.77. The van der Waals surface area contributed by atoms with E-state index in [4.69, 9.17) is 9.47 Å². The molecule has 148 valence electrons. The summed E-state index contributed by atoms with van der Waals surface area (Å²) in [5.74, 6) is 0.0179. The maximum Gasteiger partial charge on any atom is 0.269 e. The zero-order chi connectivity index (χ0) is 20.3. The zero-order valence-corrected chi connectivity index (χ0v) is 16.2. The molecule has 0 radical (unpaired) electrons. The Bertz CT molecular complexity index is 988. The SMILES string of the molecule is COc1ccc(OC[C@H](C)NC(=O)CN2C(=O)c3ccccc3S2(=O)=O)cc1. The van der Waals surface area contributed by atoms with Crippen LogP contribution in [-0.4, -0.2) is 50.8 Å². The highest BCUT2D eigenvalue weighted by molar-refractivity contribution is 7.90. The lowest BCUT2D eigenvalue weighted by atomic mass is 10.2. The monoisotopic (exact) mass is 404 g/mol. The number of sulfonamides is 1. The average molecular weight is 404 g/mol. The second-order valence-corrected chi connectivity index (χ2v) is 8.10. The Morgan fingerprint density at radius 1 is 1.11 bits per heavy atom. The Morgan fingerprint density at radius 3 is 2.39 bits per heavy atom. The van der Waals surface area contributed by atoms with Crippen molar-refractivity contribution < 1.29 is 27.5 Å². The van der Waals surface area contributed by atoms with Gasteiger partial charge in [-0.1, -0.05) is 12.1 Å². The van der Waals surface area contributed by atoms with Crippen molar-refractivity contribution in [3.05, 3.63) is 54.1 Å². The number of nitrogens with zero attached hydrogens (tertiary/aromatic N) is 1. The van der Waals surface area contributed by atoms with E-state index in [1.165, 1.54) is 18.2 Å². The fraction of sp³-hybridized carbons (Fsp3) is 0.263. The first-order valence-corrected chi connectivity index (χ1v) is 9.99. The highest BCUT2D eigenvalue weighted by Crippen LogP contribution is 2.29. The number of rotatable bonds is 7. The summed E-state index contributed by atoms with van der Waals surface area (Å²) >= 11 is 0. The first-order chi connectivity index (χ1) is 13.3. The Balaban J connectivity index is 1.56. The van der Waals surface area contributed by atoms with Gasteiger partial charge < -0.3 is 14.8 Å². The molecule has 0 saturated carbocycles. The quantitative estimate of drug-likeness (QED) is 0.749. The van der Waals surface area contributed by atoms with Crippen LogP contribution in [0, 0.1) is 0 Å². The molecule has 1 N–H and O–H groups in total. The van der Waals surface area contributed by atoms with E-state index in [1.54, 1.807) is 44.4 Å². The Kier molecular flexibility index (Phi) is 5.55. The van der Waals surface area contributed by atoms with Gasteiger partial charge in [-0.2, -0.15) is 0 Å². The molecule has 0 bridgehead atoms. The number of ether oxygens (including phenoxy) is 2. The van der Waals surface area contributed by atoms with Crippen LogP contribution < -0.4 is 14.8 Å². The summed E-state index contributed by atoms with van der Waals surface area (Å²) in [6.07, 6.45) is 0. The molecule has 2 aromatic rings. The molecule has 8 nitrogen and oxygen atoms in total. The maximum absolute atomic E-state index is 12.5. The van der Waals surface area contributed by atoms with Gasteiger partial charge in [-0.3, -0.25) is 9.59 Å². The fourth-order valence-corrected chi connectivity index (χ4v) is 4.30. The molecule has 0 saturated heterocycles. The van der Waals surface area contributed by atoms with E-state index in [2.05, 4.69) is 5.32 Å². The van der Waals surface area contributed by atoms with E-state index < -0.39 is 34.4 Å². The van der Waals surface area contributed by atoms with Gasteiger partial charge in [0.15, 0.2) is 0 Å². The Morgan fingerprint density at radius 2 is 1.75 bits per heavy atom. The maximum atomic E-state index is 12.5. The lowest BCUT2D eigenvalue weighted by Gasteiger charge is -2.18. The smallest absolute Gasteiger partial charge is 0.269 e. The van der Waals surface area contributed by atoms with Gasteiger partial charge in [0.05, 0.1) is 18.7 Å². The van der Waals surface area contributed by atoms with E-state index in [0.29, 0.717) is 15.8 Å². The molecule has 2 aromatic carbocycles. The van der Waals surface area contributed by atoms with Crippen LogP contribution >= 0.6 is 0 Å². The number of fused-ring (bicyclic) bond motifs is 1. The lowest BCUT2D eigenvalue weighted by molar-refractivity contribution is -0.121. The van der Waals surface area contributed by atoms with E-state index in [-0.39, 0.29) is 17.1 Å². The molecular weight excluding hydrogens is 384 g/mol. The van der Waals surface area contributed by atoms with Crippen LogP contribution in [-0.2, 0) is 14.8 Å². The topological polar surface area (TPSA) is 102 Å². The molecule has 1 aliphatic heterocycles. The first kappa shape index (κ1) is 19.7. The van der Waals surface area contributed by atoms with Crippen molar-refractivity contribution >= 4 is 21.8 Å². The largest absolute Gasteiger partial charge is 0.497 e. The summed E-state index contributed by atoms with van der Waals surface area (Å²) < 4.78 is 36.2. The number of methoxy groups -OCH3 is 1. The third kappa shape index (κ3) is 3.94. The number of hydrogen-bond donors (Lipinski definition) is 1. The molecule has 0 spiro atoms. The van der Waals surface area contributed by atoms with Gasteiger partial charge in [0.1, 0.15) is 29.5 Å². The van der Waals surface area contributed by atoms with Crippen LogP contribution in [0.5, 0.6) is 11.5 Å². The number of hydrogen-bond acceptors (Lipinski definition) is 6. The Labute approximate surface area is 163 Å². The minimum atomic E-state index is -4.01. The van der Waals surface area contributed by atoms with E-state index in [1.807, 2.05) is 0 Å². The van der Waals surface area contributed by atoms with Crippen LogP contribution in [0.4, 0.5) is 0 Å². The van der Waals surface area contributed by atoms with Crippen molar-refractivity contribution in [2.24, 2.45) is 0 Å². The van der Waals surface area contributed by atoms with Gasteiger partial charge in [0.25, 0.3) is 15.9 Å². The molecule has 1 heterocycles. The van der Waals surface area contributed by atoms with Crippen LogP contribution in [0.15, 0.2) is 53.4 Å². The summed E-state index contributed by atoms with van der Waals surface area (Å²) in [7, 11) is -2.44. The summed E-state index contributed by atoms with van der Waals surface area (Å²) in [6, 6.07) is 12.5. The van der Waals surface area contributed by atoms with Crippen molar-refractivity contribution in [2.75, 3.05) is 20.3 Å². The van der Waals surface area contributed by atoms with E-state index in [9.17, 15) is 18.0 Å². The molecule has 1 atom stereocenters. The molecule has 1 aliphatic rings.